The van der Waals surface area contributed by atoms with Gasteiger partial charge in [-0.05, 0) is 44.2 Å². The van der Waals surface area contributed by atoms with E-state index in [1.807, 2.05) is 7.11 Å². The molecular weight excluding hydrogens is 222 g/mol. The molecule has 18 heavy (non-hydrogen) atoms. The number of rotatable bonds is 4. The van der Waals surface area contributed by atoms with Gasteiger partial charge in [0.1, 0.15) is 0 Å². The number of aryl methyl sites for hydroxylation is 2. The molecule has 0 amide bonds. The Hall–Kier alpha value is -0.860. The van der Waals surface area contributed by atoms with E-state index in [0.29, 0.717) is 0 Å². The van der Waals surface area contributed by atoms with Crippen LogP contribution in [0.1, 0.15) is 42.4 Å². The number of nitrogens with two attached hydrogens (primary N) is 1. The van der Waals surface area contributed by atoms with Gasteiger partial charge < -0.3 is 10.5 Å². The molecule has 1 atom stereocenters. The van der Waals surface area contributed by atoms with Gasteiger partial charge in [0, 0.05) is 13.2 Å². The molecule has 2 N–H and O–H groups in total. The van der Waals surface area contributed by atoms with Crippen molar-refractivity contribution in [2.75, 3.05) is 7.11 Å². The Morgan fingerprint density at radius 3 is 2.56 bits per heavy atom. The van der Waals surface area contributed by atoms with Gasteiger partial charge in [-0.15, -0.1) is 0 Å². The molecule has 1 saturated carbocycles. The fourth-order valence-electron chi connectivity index (χ4n) is 3.14. The lowest BCUT2D eigenvalue weighted by Crippen LogP contribution is -2.48. The van der Waals surface area contributed by atoms with Crippen LogP contribution in [0.4, 0.5) is 0 Å². The molecule has 0 saturated heterocycles. The van der Waals surface area contributed by atoms with Crippen molar-refractivity contribution in [3.05, 3.63) is 34.9 Å². The number of hydrogen-bond donors (Lipinski definition) is 1. The number of hydrogen-bond acceptors (Lipinski definition) is 2. The first kappa shape index (κ1) is 13.6. The second-order valence-corrected chi connectivity index (χ2v) is 5.72. The summed E-state index contributed by atoms with van der Waals surface area (Å²) in [6, 6.07) is 6.70. The first-order valence-electron chi connectivity index (χ1n) is 6.94. The zero-order valence-corrected chi connectivity index (χ0v) is 11.8. The van der Waals surface area contributed by atoms with Crippen LogP contribution in [-0.4, -0.2) is 18.8 Å². The van der Waals surface area contributed by atoms with Crippen LogP contribution in [-0.2, 0) is 11.2 Å². The minimum atomic E-state index is -0.0871. The van der Waals surface area contributed by atoms with E-state index in [1.54, 1.807) is 0 Å². The van der Waals surface area contributed by atoms with E-state index in [0.717, 1.165) is 19.3 Å². The van der Waals surface area contributed by atoms with Gasteiger partial charge in [-0.25, -0.2) is 0 Å². The Morgan fingerprint density at radius 2 is 1.94 bits per heavy atom. The zero-order valence-electron chi connectivity index (χ0n) is 11.8. The molecule has 2 rings (SSSR count). The second-order valence-electron chi connectivity index (χ2n) is 5.72. The maximum Gasteiger partial charge on any atom is 0.0832 e. The van der Waals surface area contributed by atoms with E-state index in [9.17, 15) is 0 Å². The molecule has 2 heteroatoms. The van der Waals surface area contributed by atoms with Crippen molar-refractivity contribution >= 4 is 0 Å². The highest BCUT2D eigenvalue weighted by Gasteiger charge is 2.39. The summed E-state index contributed by atoms with van der Waals surface area (Å²) >= 11 is 0. The maximum atomic E-state index is 6.45. The van der Waals surface area contributed by atoms with Gasteiger partial charge >= 0.3 is 0 Å². The fraction of sp³-hybridized carbons (Fsp3) is 0.625. The molecular formula is C16H25NO. The largest absolute Gasteiger partial charge is 0.377 e. The third-order valence-electron chi connectivity index (χ3n) is 4.48. The molecule has 2 nitrogen and oxygen atoms in total. The Morgan fingerprint density at radius 1 is 1.28 bits per heavy atom. The molecule has 100 valence electrons. The average molecular weight is 247 g/mol. The van der Waals surface area contributed by atoms with Crippen LogP contribution in [0.25, 0.3) is 0 Å². The fourth-order valence-corrected chi connectivity index (χ4v) is 3.14. The Kier molecular flexibility index (Phi) is 4.08. The predicted octanol–water partition coefficient (Wildman–Crippen LogP) is 3.13. The van der Waals surface area contributed by atoms with Crippen LogP contribution in [0.3, 0.4) is 0 Å². The molecule has 1 fully saturated rings. The molecule has 0 spiro atoms. The van der Waals surface area contributed by atoms with Crippen LogP contribution < -0.4 is 5.73 Å². The van der Waals surface area contributed by atoms with Gasteiger partial charge in [0.15, 0.2) is 0 Å². The van der Waals surface area contributed by atoms with Crippen molar-refractivity contribution in [1.82, 2.24) is 0 Å². The van der Waals surface area contributed by atoms with Gasteiger partial charge in [-0.1, -0.05) is 36.6 Å². The highest BCUT2D eigenvalue weighted by Crippen LogP contribution is 2.36. The number of methoxy groups -OCH3 is 1. The standard InChI is InChI=1S/C16H25NO/c1-12-6-7-13(2)14(10-12)11-15(17)16(18-3)8-4-5-9-16/h6-7,10,15H,4-5,8-9,11,17H2,1-3H3. The van der Waals surface area contributed by atoms with Gasteiger partial charge in [-0.2, -0.15) is 0 Å². The van der Waals surface area contributed by atoms with Crippen LogP contribution in [0.15, 0.2) is 18.2 Å². The third-order valence-corrected chi connectivity index (χ3v) is 4.48. The highest BCUT2D eigenvalue weighted by atomic mass is 16.5. The van der Waals surface area contributed by atoms with Crippen molar-refractivity contribution in [1.29, 1.82) is 0 Å². The minimum absolute atomic E-state index is 0.0871. The molecule has 1 aromatic rings. The molecule has 0 heterocycles. The average Bonchev–Trinajstić information content (AvgIpc) is 2.84. The van der Waals surface area contributed by atoms with Crippen molar-refractivity contribution in [2.24, 2.45) is 5.73 Å². The van der Waals surface area contributed by atoms with Gasteiger partial charge in [0.05, 0.1) is 5.60 Å². The summed E-state index contributed by atoms with van der Waals surface area (Å²) in [5, 5.41) is 0. The summed E-state index contributed by atoms with van der Waals surface area (Å²) in [7, 11) is 1.81. The normalized spacial score (nSPS) is 20.0. The molecule has 1 aliphatic rings. The van der Waals surface area contributed by atoms with Crippen molar-refractivity contribution in [2.45, 2.75) is 57.6 Å². The third kappa shape index (κ3) is 2.60. The predicted molar refractivity (Wildman–Crippen MR) is 75.8 cm³/mol. The summed E-state index contributed by atoms with van der Waals surface area (Å²) in [5.41, 5.74) is 10.4. The summed E-state index contributed by atoms with van der Waals surface area (Å²) in [6.07, 6.45) is 5.62. The van der Waals surface area contributed by atoms with Crippen LogP contribution in [0.2, 0.25) is 0 Å². The Bertz CT molecular complexity index is 408. The summed E-state index contributed by atoms with van der Waals surface area (Å²) in [4.78, 5) is 0. The molecule has 1 aromatic carbocycles. The van der Waals surface area contributed by atoms with E-state index in [1.165, 1.54) is 29.5 Å². The number of benzene rings is 1. The van der Waals surface area contributed by atoms with Crippen molar-refractivity contribution < 1.29 is 4.74 Å². The van der Waals surface area contributed by atoms with E-state index in [2.05, 4.69) is 32.0 Å². The topological polar surface area (TPSA) is 35.2 Å². The molecule has 1 aliphatic carbocycles. The van der Waals surface area contributed by atoms with E-state index in [4.69, 9.17) is 10.5 Å². The SMILES string of the molecule is COC1(C(N)Cc2cc(C)ccc2C)CCCC1. The molecule has 0 radical (unpaired) electrons. The van der Waals surface area contributed by atoms with Crippen molar-refractivity contribution in [3.8, 4) is 0 Å². The number of ether oxygens (including phenoxy) is 1. The van der Waals surface area contributed by atoms with Crippen LogP contribution >= 0.6 is 0 Å². The summed E-state index contributed by atoms with van der Waals surface area (Å²) in [5.74, 6) is 0. The Balaban J connectivity index is 2.15. The highest BCUT2D eigenvalue weighted by molar-refractivity contribution is 5.31. The second kappa shape index (κ2) is 5.41. The lowest BCUT2D eigenvalue weighted by Gasteiger charge is -2.34. The molecule has 0 aromatic heterocycles. The lowest BCUT2D eigenvalue weighted by molar-refractivity contribution is -0.0253. The van der Waals surface area contributed by atoms with Gasteiger partial charge in [-0.3, -0.25) is 0 Å². The zero-order chi connectivity index (χ0) is 13.2. The molecule has 0 bridgehead atoms. The Labute approximate surface area is 111 Å². The lowest BCUT2D eigenvalue weighted by atomic mass is 9.86. The van der Waals surface area contributed by atoms with E-state index < -0.39 is 0 Å². The van der Waals surface area contributed by atoms with E-state index >= 15 is 0 Å². The molecule has 0 aliphatic heterocycles. The quantitative estimate of drug-likeness (QED) is 0.887. The van der Waals surface area contributed by atoms with Gasteiger partial charge in [0.2, 0.25) is 0 Å². The summed E-state index contributed by atoms with van der Waals surface area (Å²) in [6.45, 7) is 4.30. The molecule has 1 unspecified atom stereocenters. The van der Waals surface area contributed by atoms with Gasteiger partial charge in [0.25, 0.3) is 0 Å². The summed E-state index contributed by atoms with van der Waals surface area (Å²) < 4.78 is 5.78. The smallest absolute Gasteiger partial charge is 0.0832 e. The van der Waals surface area contributed by atoms with Crippen LogP contribution in [0.5, 0.6) is 0 Å². The first-order valence-corrected chi connectivity index (χ1v) is 6.94. The monoisotopic (exact) mass is 247 g/mol. The maximum absolute atomic E-state index is 6.45. The first-order chi connectivity index (χ1) is 8.57. The minimum Gasteiger partial charge on any atom is -0.377 e. The van der Waals surface area contributed by atoms with E-state index in [-0.39, 0.29) is 11.6 Å². The van der Waals surface area contributed by atoms with Crippen LogP contribution in [0, 0.1) is 13.8 Å². The van der Waals surface area contributed by atoms with Crippen molar-refractivity contribution in [3.63, 3.8) is 0 Å².